The average molecular weight is 269 g/mol. The maximum Gasteiger partial charge on any atom is 0.345 e. The van der Waals surface area contributed by atoms with Crippen molar-refractivity contribution in [3.8, 4) is 0 Å². The number of carboxylic acids is 1. The molecule has 0 aromatic carbocycles. The second-order valence-electron chi connectivity index (χ2n) is 4.72. The van der Waals surface area contributed by atoms with Crippen LogP contribution in [0.1, 0.15) is 33.0 Å². The number of rotatable bonds is 5. The van der Waals surface area contributed by atoms with Crippen LogP contribution >= 0.6 is 11.3 Å². The molecule has 100 valence electrons. The Morgan fingerprint density at radius 2 is 2.50 bits per heavy atom. The lowest BCUT2D eigenvalue weighted by molar-refractivity contribution is 0.0700. The summed E-state index contributed by atoms with van der Waals surface area (Å²) in [6, 6.07) is 1.72. The van der Waals surface area contributed by atoms with Crippen molar-refractivity contribution in [3.05, 3.63) is 21.4 Å². The van der Waals surface area contributed by atoms with Crippen molar-refractivity contribution in [2.75, 3.05) is 19.7 Å². The van der Waals surface area contributed by atoms with E-state index >= 15 is 0 Å². The Bertz CT molecular complexity index is 410. The van der Waals surface area contributed by atoms with Crippen LogP contribution < -0.4 is 5.32 Å². The van der Waals surface area contributed by atoms with E-state index < -0.39 is 5.97 Å². The molecule has 1 saturated heterocycles. The number of hydrogen-bond donors (Lipinski definition) is 2. The van der Waals surface area contributed by atoms with E-state index in [1.54, 1.807) is 6.07 Å². The highest BCUT2D eigenvalue weighted by molar-refractivity contribution is 7.14. The summed E-state index contributed by atoms with van der Waals surface area (Å²) in [6.45, 7) is 5.36. The van der Waals surface area contributed by atoms with Crippen molar-refractivity contribution in [1.29, 1.82) is 0 Å². The second kappa shape index (κ2) is 6.31. The Labute approximate surface area is 111 Å². The number of carboxylic acid groups (broad SMARTS) is 1. The lowest BCUT2D eigenvalue weighted by Gasteiger charge is -2.22. The minimum absolute atomic E-state index is 0.394. The number of carbonyl (C=O) groups is 1. The van der Waals surface area contributed by atoms with E-state index in [0.717, 1.165) is 30.1 Å². The number of thiophene rings is 1. The zero-order valence-electron chi connectivity index (χ0n) is 10.6. The van der Waals surface area contributed by atoms with E-state index in [2.05, 4.69) is 5.32 Å². The number of nitrogens with one attached hydrogen (secondary N) is 1. The topological polar surface area (TPSA) is 58.6 Å². The van der Waals surface area contributed by atoms with Crippen LogP contribution in [0.25, 0.3) is 0 Å². The molecule has 0 bridgehead atoms. The predicted octanol–water partition coefficient (Wildman–Crippen LogP) is 2.27. The molecule has 4 nitrogen and oxygen atoms in total. The van der Waals surface area contributed by atoms with Crippen LogP contribution in [-0.2, 0) is 11.3 Å². The number of hydrogen-bond acceptors (Lipinski definition) is 4. The molecule has 1 fully saturated rings. The predicted molar refractivity (Wildman–Crippen MR) is 71.3 cm³/mol. The third kappa shape index (κ3) is 3.54. The van der Waals surface area contributed by atoms with Crippen LogP contribution in [0, 0.1) is 12.8 Å². The molecule has 5 heteroatoms. The smallest absolute Gasteiger partial charge is 0.345 e. The SMILES string of the molecule is Cc1sc(C(=O)O)cc1COCC1CCCNC1. The molecule has 1 aliphatic heterocycles. The molecule has 2 N–H and O–H groups in total. The van der Waals surface area contributed by atoms with Gasteiger partial charge in [0.15, 0.2) is 0 Å². The number of aryl methyl sites for hydroxylation is 1. The summed E-state index contributed by atoms with van der Waals surface area (Å²) in [5.41, 5.74) is 1.00. The number of aromatic carboxylic acids is 1. The second-order valence-corrected chi connectivity index (χ2v) is 5.98. The van der Waals surface area contributed by atoms with Crippen molar-refractivity contribution in [2.24, 2.45) is 5.92 Å². The molecule has 1 aliphatic rings. The minimum atomic E-state index is -0.856. The highest BCUT2D eigenvalue weighted by Crippen LogP contribution is 2.22. The Kier molecular flexibility index (Phi) is 4.74. The maximum absolute atomic E-state index is 10.8. The van der Waals surface area contributed by atoms with E-state index in [4.69, 9.17) is 9.84 Å². The zero-order valence-corrected chi connectivity index (χ0v) is 11.4. The molecule has 0 spiro atoms. The fourth-order valence-corrected chi connectivity index (χ4v) is 3.04. The summed E-state index contributed by atoms with van der Waals surface area (Å²) in [6.07, 6.45) is 2.44. The lowest BCUT2D eigenvalue weighted by atomic mass is 10.0. The quantitative estimate of drug-likeness (QED) is 0.861. The van der Waals surface area contributed by atoms with Gasteiger partial charge in [-0.05, 0) is 43.9 Å². The van der Waals surface area contributed by atoms with Crippen molar-refractivity contribution < 1.29 is 14.6 Å². The summed E-state index contributed by atoms with van der Waals surface area (Å²) < 4.78 is 5.71. The first-order valence-corrected chi connectivity index (χ1v) is 7.09. The fourth-order valence-electron chi connectivity index (χ4n) is 2.17. The van der Waals surface area contributed by atoms with Gasteiger partial charge in [-0.25, -0.2) is 4.79 Å². The first-order chi connectivity index (χ1) is 8.66. The van der Waals surface area contributed by atoms with Gasteiger partial charge >= 0.3 is 5.97 Å². The van der Waals surface area contributed by atoms with Crippen LogP contribution in [0.15, 0.2) is 6.07 Å². The van der Waals surface area contributed by atoms with E-state index in [1.807, 2.05) is 6.92 Å². The Hall–Kier alpha value is -0.910. The van der Waals surface area contributed by atoms with Crippen LogP contribution in [0.2, 0.25) is 0 Å². The van der Waals surface area contributed by atoms with Gasteiger partial charge in [0.05, 0.1) is 13.2 Å². The minimum Gasteiger partial charge on any atom is -0.477 e. The molecule has 1 atom stereocenters. The number of ether oxygens (including phenoxy) is 1. The summed E-state index contributed by atoms with van der Waals surface area (Å²) in [5, 5.41) is 12.3. The molecule has 0 saturated carbocycles. The van der Waals surface area contributed by atoms with E-state index in [-0.39, 0.29) is 0 Å². The van der Waals surface area contributed by atoms with Gasteiger partial charge in [0, 0.05) is 11.4 Å². The van der Waals surface area contributed by atoms with Gasteiger partial charge in [0.2, 0.25) is 0 Å². The van der Waals surface area contributed by atoms with Gasteiger partial charge in [-0.2, -0.15) is 0 Å². The van der Waals surface area contributed by atoms with E-state index in [9.17, 15) is 4.79 Å². The van der Waals surface area contributed by atoms with Gasteiger partial charge < -0.3 is 15.2 Å². The molecule has 0 radical (unpaired) electrons. The molecule has 2 heterocycles. The van der Waals surface area contributed by atoms with Gasteiger partial charge in [0.25, 0.3) is 0 Å². The van der Waals surface area contributed by atoms with Crippen molar-refractivity contribution in [3.63, 3.8) is 0 Å². The summed E-state index contributed by atoms with van der Waals surface area (Å²) in [4.78, 5) is 12.3. The third-order valence-corrected chi connectivity index (χ3v) is 4.32. The van der Waals surface area contributed by atoms with Gasteiger partial charge in [-0.1, -0.05) is 0 Å². The summed E-state index contributed by atoms with van der Waals surface area (Å²) in [7, 11) is 0. The highest BCUT2D eigenvalue weighted by Gasteiger charge is 2.14. The summed E-state index contributed by atoms with van der Waals surface area (Å²) >= 11 is 1.32. The van der Waals surface area contributed by atoms with Crippen LogP contribution in [0.3, 0.4) is 0 Å². The van der Waals surface area contributed by atoms with Crippen molar-refractivity contribution in [2.45, 2.75) is 26.4 Å². The molecule has 1 aromatic rings. The lowest BCUT2D eigenvalue weighted by Crippen LogP contribution is -2.32. The molecule has 0 aliphatic carbocycles. The Morgan fingerprint density at radius 3 is 3.11 bits per heavy atom. The van der Waals surface area contributed by atoms with E-state index in [0.29, 0.717) is 17.4 Å². The normalized spacial score (nSPS) is 19.9. The van der Waals surface area contributed by atoms with Gasteiger partial charge in [0.1, 0.15) is 4.88 Å². The van der Waals surface area contributed by atoms with Crippen LogP contribution in [0.4, 0.5) is 0 Å². The maximum atomic E-state index is 10.8. The Balaban J connectivity index is 1.80. The molecule has 1 unspecified atom stereocenters. The molecular formula is C13H19NO3S. The van der Waals surface area contributed by atoms with Crippen molar-refractivity contribution in [1.82, 2.24) is 5.32 Å². The standard InChI is InChI=1S/C13H19NO3S/c1-9-11(5-12(18-9)13(15)16)8-17-7-10-3-2-4-14-6-10/h5,10,14H,2-4,6-8H2,1H3,(H,15,16). The van der Waals surface area contributed by atoms with Crippen LogP contribution in [0.5, 0.6) is 0 Å². The first kappa shape index (κ1) is 13.5. The zero-order chi connectivity index (χ0) is 13.0. The molecule has 1 aromatic heterocycles. The largest absolute Gasteiger partial charge is 0.477 e. The van der Waals surface area contributed by atoms with E-state index in [1.165, 1.54) is 24.2 Å². The van der Waals surface area contributed by atoms with Crippen LogP contribution in [-0.4, -0.2) is 30.8 Å². The third-order valence-electron chi connectivity index (χ3n) is 3.24. The fraction of sp³-hybridized carbons (Fsp3) is 0.615. The van der Waals surface area contributed by atoms with Gasteiger partial charge in [-0.3, -0.25) is 0 Å². The summed E-state index contributed by atoms with van der Waals surface area (Å²) in [5.74, 6) is -0.262. The molecule has 18 heavy (non-hydrogen) atoms. The Morgan fingerprint density at radius 1 is 1.67 bits per heavy atom. The first-order valence-electron chi connectivity index (χ1n) is 6.28. The number of piperidine rings is 1. The van der Waals surface area contributed by atoms with Gasteiger partial charge in [-0.15, -0.1) is 11.3 Å². The monoisotopic (exact) mass is 269 g/mol. The average Bonchev–Trinajstić information content (AvgIpc) is 2.73. The molecule has 0 amide bonds. The molecular weight excluding hydrogens is 250 g/mol. The van der Waals surface area contributed by atoms with Crippen molar-refractivity contribution >= 4 is 17.3 Å². The highest BCUT2D eigenvalue weighted by atomic mass is 32.1. The molecule has 2 rings (SSSR count).